The maximum absolute atomic E-state index is 11.9. The van der Waals surface area contributed by atoms with E-state index in [-0.39, 0.29) is 17.3 Å². The van der Waals surface area contributed by atoms with Crippen molar-refractivity contribution in [2.75, 3.05) is 5.32 Å². The molecule has 2 amide bonds. The van der Waals surface area contributed by atoms with Crippen molar-refractivity contribution in [3.8, 4) is 5.75 Å². The number of anilines is 1. The molecule has 1 heterocycles. The number of ether oxygens (including phenoxy) is 1. The summed E-state index contributed by atoms with van der Waals surface area (Å²) in [5.41, 5.74) is 8.45. The van der Waals surface area contributed by atoms with Gasteiger partial charge >= 0.3 is 6.09 Å². The van der Waals surface area contributed by atoms with Crippen LogP contribution >= 0.6 is 0 Å². The molecule has 0 saturated carbocycles. The third-order valence-corrected chi connectivity index (χ3v) is 3.86. The number of hydrogen-bond acceptors (Lipinski definition) is 6. The minimum Gasteiger partial charge on any atom is -0.410 e. The summed E-state index contributed by atoms with van der Waals surface area (Å²) >= 11 is 0. The number of nitro benzene ring substituents is 1. The van der Waals surface area contributed by atoms with E-state index in [0.717, 1.165) is 16.8 Å². The molecule has 1 aliphatic heterocycles. The fraction of sp³-hybridized carbons (Fsp3) is 0.111. The van der Waals surface area contributed by atoms with Crippen molar-refractivity contribution in [2.45, 2.75) is 13.3 Å². The van der Waals surface area contributed by atoms with Crippen molar-refractivity contribution < 1.29 is 19.2 Å². The van der Waals surface area contributed by atoms with Crippen LogP contribution in [0.4, 0.5) is 16.2 Å². The number of benzene rings is 2. The van der Waals surface area contributed by atoms with Crippen LogP contribution in [0.3, 0.4) is 0 Å². The second kappa shape index (κ2) is 7.56. The van der Waals surface area contributed by atoms with E-state index in [1.807, 2.05) is 6.92 Å². The first-order valence-electron chi connectivity index (χ1n) is 8.01. The van der Waals surface area contributed by atoms with Gasteiger partial charge in [0.05, 0.1) is 17.0 Å². The van der Waals surface area contributed by atoms with Gasteiger partial charge < -0.3 is 4.74 Å². The lowest BCUT2D eigenvalue weighted by Gasteiger charge is -2.21. The number of non-ortho nitro benzene ring substituents is 1. The van der Waals surface area contributed by atoms with Crippen LogP contribution in [0.25, 0.3) is 5.70 Å². The lowest BCUT2D eigenvalue weighted by atomic mass is 10.0. The topological polar surface area (TPSA) is 123 Å². The highest BCUT2D eigenvalue weighted by Gasteiger charge is 2.15. The summed E-state index contributed by atoms with van der Waals surface area (Å²) in [7, 11) is 0. The minimum absolute atomic E-state index is 0.0875. The summed E-state index contributed by atoms with van der Waals surface area (Å²) in [6, 6.07) is 12.2. The Morgan fingerprint density at radius 3 is 2.37 bits per heavy atom. The Morgan fingerprint density at radius 2 is 1.78 bits per heavy atom. The van der Waals surface area contributed by atoms with Crippen LogP contribution in [-0.4, -0.2) is 16.9 Å². The lowest BCUT2D eigenvalue weighted by molar-refractivity contribution is -0.384. The predicted octanol–water partition coefficient (Wildman–Crippen LogP) is 2.96. The number of carbonyl (C=O) groups is 2. The molecule has 0 saturated heterocycles. The molecule has 0 bridgehead atoms. The van der Waals surface area contributed by atoms with Gasteiger partial charge in [-0.05, 0) is 42.3 Å². The van der Waals surface area contributed by atoms with Crippen molar-refractivity contribution in [2.24, 2.45) is 0 Å². The summed E-state index contributed by atoms with van der Waals surface area (Å²) in [6.07, 6.45) is -0.390. The average molecular weight is 368 g/mol. The van der Waals surface area contributed by atoms with Crippen molar-refractivity contribution in [1.82, 2.24) is 10.9 Å². The van der Waals surface area contributed by atoms with E-state index in [4.69, 9.17) is 4.74 Å². The molecular formula is C18H16N4O5. The van der Waals surface area contributed by atoms with Crippen LogP contribution in [0, 0.1) is 10.1 Å². The molecule has 27 heavy (non-hydrogen) atoms. The minimum atomic E-state index is -0.713. The SMILES string of the molecule is CC1=C(c2ccc(NC(=O)Oc3ccc([N+](=O)[O-])cc3)cc2)NNC(=O)C1. The van der Waals surface area contributed by atoms with E-state index >= 15 is 0 Å². The van der Waals surface area contributed by atoms with E-state index in [1.165, 1.54) is 24.3 Å². The van der Waals surface area contributed by atoms with E-state index < -0.39 is 11.0 Å². The van der Waals surface area contributed by atoms with Crippen LogP contribution in [0.1, 0.15) is 18.9 Å². The molecule has 0 fully saturated rings. The molecule has 0 unspecified atom stereocenters. The number of nitrogens with zero attached hydrogens (tertiary/aromatic N) is 1. The smallest absolute Gasteiger partial charge is 0.410 e. The molecule has 1 aliphatic rings. The van der Waals surface area contributed by atoms with E-state index in [2.05, 4.69) is 16.2 Å². The molecule has 3 rings (SSSR count). The van der Waals surface area contributed by atoms with Crippen LogP contribution < -0.4 is 20.9 Å². The Bertz CT molecular complexity index is 920. The quantitative estimate of drug-likeness (QED) is 0.563. The molecule has 3 N–H and O–H groups in total. The molecule has 9 heteroatoms. The zero-order valence-electron chi connectivity index (χ0n) is 14.3. The monoisotopic (exact) mass is 368 g/mol. The highest BCUT2D eigenvalue weighted by Crippen LogP contribution is 2.22. The van der Waals surface area contributed by atoms with Crippen LogP contribution in [-0.2, 0) is 4.79 Å². The van der Waals surface area contributed by atoms with Gasteiger partial charge in [0.1, 0.15) is 5.75 Å². The summed E-state index contributed by atoms with van der Waals surface area (Å²) in [4.78, 5) is 33.3. The van der Waals surface area contributed by atoms with Crippen LogP contribution in [0.15, 0.2) is 54.1 Å². The molecule has 0 aromatic heterocycles. The van der Waals surface area contributed by atoms with E-state index in [9.17, 15) is 19.7 Å². The van der Waals surface area contributed by atoms with Gasteiger partial charge in [0, 0.05) is 17.8 Å². The Kier molecular flexibility index (Phi) is 5.02. The van der Waals surface area contributed by atoms with Gasteiger partial charge in [-0.3, -0.25) is 31.1 Å². The van der Waals surface area contributed by atoms with Gasteiger partial charge in [-0.25, -0.2) is 4.79 Å². The summed E-state index contributed by atoms with van der Waals surface area (Å²) in [5, 5.41) is 13.2. The van der Waals surface area contributed by atoms with Crippen molar-refractivity contribution in [1.29, 1.82) is 0 Å². The first-order valence-corrected chi connectivity index (χ1v) is 8.01. The first kappa shape index (κ1) is 17.9. The lowest BCUT2D eigenvalue weighted by Crippen LogP contribution is -2.40. The Hall–Kier alpha value is -3.88. The number of nitrogens with one attached hydrogen (secondary N) is 3. The van der Waals surface area contributed by atoms with Crippen molar-refractivity contribution in [3.05, 3.63) is 69.8 Å². The Balaban J connectivity index is 1.62. The van der Waals surface area contributed by atoms with Gasteiger partial charge in [0.2, 0.25) is 5.91 Å². The van der Waals surface area contributed by atoms with Gasteiger partial charge in [-0.2, -0.15) is 0 Å². The van der Waals surface area contributed by atoms with Crippen LogP contribution in [0.2, 0.25) is 0 Å². The number of rotatable bonds is 4. The highest BCUT2D eigenvalue weighted by atomic mass is 16.6. The zero-order valence-corrected chi connectivity index (χ0v) is 14.3. The van der Waals surface area contributed by atoms with Crippen molar-refractivity contribution in [3.63, 3.8) is 0 Å². The second-order valence-corrected chi connectivity index (χ2v) is 5.85. The molecule has 2 aromatic carbocycles. The number of amides is 2. The van der Waals surface area contributed by atoms with Gasteiger partial charge in [-0.1, -0.05) is 12.1 Å². The number of carbonyl (C=O) groups excluding carboxylic acids is 2. The predicted molar refractivity (Wildman–Crippen MR) is 97.7 cm³/mol. The summed E-state index contributed by atoms with van der Waals surface area (Å²) in [5.74, 6) is 0.0983. The van der Waals surface area contributed by atoms with Gasteiger partial charge in [-0.15, -0.1) is 0 Å². The van der Waals surface area contributed by atoms with Crippen molar-refractivity contribution >= 4 is 29.1 Å². The molecule has 0 aliphatic carbocycles. The third-order valence-electron chi connectivity index (χ3n) is 3.86. The fourth-order valence-corrected chi connectivity index (χ4v) is 2.54. The maximum Gasteiger partial charge on any atom is 0.417 e. The summed E-state index contributed by atoms with van der Waals surface area (Å²) < 4.78 is 5.09. The normalized spacial score (nSPS) is 13.4. The Labute approximate surface area is 154 Å². The standard InChI is InChI=1S/C18H16N4O5/c1-11-10-16(23)20-21-17(11)12-2-4-13(5-3-12)19-18(24)27-15-8-6-14(7-9-15)22(25)26/h2-9,21H,10H2,1H3,(H,19,24)(H,20,23). The second-order valence-electron chi connectivity index (χ2n) is 5.85. The number of nitro groups is 1. The first-order chi connectivity index (χ1) is 12.9. The Morgan fingerprint density at radius 1 is 1.11 bits per heavy atom. The molecule has 138 valence electrons. The highest BCUT2D eigenvalue weighted by molar-refractivity contribution is 5.88. The van der Waals surface area contributed by atoms with Gasteiger partial charge in [0.25, 0.3) is 5.69 Å². The summed E-state index contributed by atoms with van der Waals surface area (Å²) in [6.45, 7) is 1.87. The zero-order chi connectivity index (χ0) is 19.4. The van der Waals surface area contributed by atoms with E-state index in [0.29, 0.717) is 12.1 Å². The molecule has 0 atom stereocenters. The van der Waals surface area contributed by atoms with E-state index in [1.54, 1.807) is 24.3 Å². The fourth-order valence-electron chi connectivity index (χ4n) is 2.54. The largest absolute Gasteiger partial charge is 0.417 e. The molecule has 0 spiro atoms. The van der Waals surface area contributed by atoms with Gasteiger partial charge in [0.15, 0.2) is 0 Å². The number of hydrazine groups is 1. The molecular weight excluding hydrogens is 352 g/mol. The number of hydrogen-bond donors (Lipinski definition) is 3. The molecule has 9 nitrogen and oxygen atoms in total. The maximum atomic E-state index is 11.9. The van der Waals surface area contributed by atoms with Crippen LogP contribution in [0.5, 0.6) is 5.75 Å². The molecule has 0 radical (unpaired) electrons. The third kappa shape index (κ3) is 4.40. The molecule has 2 aromatic rings. The average Bonchev–Trinajstić information content (AvgIpc) is 2.63.